The van der Waals surface area contributed by atoms with Crippen LogP contribution >= 0.6 is 19.9 Å². The van der Waals surface area contributed by atoms with E-state index < -0.39 is 8.25 Å². The second-order valence-electron chi connectivity index (χ2n) is 9.21. The summed E-state index contributed by atoms with van der Waals surface area (Å²) in [7, 11) is 2.81. The van der Waals surface area contributed by atoms with Crippen LogP contribution in [0.15, 0.2) is 36.7 Å². The van der Waals surface area contributed by atoms with E-state index in [1.165, 1.54) is 0 Å². The smallest absolute Gasteiger partial charge is 0.316 e. The first-order chi connectivity index (χ1) is 17.8. The molecule has 1 fully saturated rings. The molecular weight excluding hydrogens is 517 g/mol. The van der Waals surface area contributed by atoms with Crippen molar-refractivity contribution in [2.45, 2.75) is 6.42 Å². The molecule has 37 heavy (non-hydrogen) atoms. The fourth-order valence-corrected chi connectivity index (χ4v) is 4.87. The lowest BCUT2D eigenvalue weighted by Gasteiger charge is -2.35. The van der Waals surface area contributed by atoms with Crippen LogP contribution in [0.5, 0.6) is 11.5 Å². The van der Waals surface area contributed by atoms with Crippen LogP contribution in [0, 0.1) is 0 Å². The fourth-order valence-electron chi connectivity index (χ4n) is 4.36. The standard InChI is InChI=1S/C25H35ClN5O5P/c1-28(2)6-4-13-35-23-17-24(34-3)21(26)16-20(23)22-18-31-7-5-19(15-25(31)27-22)30-10-8-29(9-11-30)12-14-36-37(32)33/h5,7,15-18,37H,4,6,8-14H2,1-3H3,(H,32,33). The minimum atomic E-state index is -2.86. The van der Waals surface area contributed by atoms with Gasteiger partial charge in [0.25, 0.3) is 0 Å². The van der Waals surface area contributed by atoms with Gasteiger partial charge in [0.1, 0.15) is 17.1 Å². The van der Waals surface area contributed by atoms with Gasteiger partial charge in [0, 0.05) is 75.0 Å². The molecule has 3 heterocycles. The number of halogens is 1. The van der Waals surface area contributed by atoms with Gasteiger partial charge in [0.15, 0.2) is 0 Å². The van der Waals surface area contributed by atoms with E-state index in [0.29, 0.717) is 29.7 Å². The maximum atomic E-state index is 10.7. The van der Waals surface area contributed by atoms with Crippen LogP contribution in [0.3, 0.4) is 0 Å². The summed E-state index contributed by atoms with van der Waals surface area (Å²) in [5.41, 5.74) is 3.54. The number of benzene rings is 1. The van der Waals surface area contributed by atoms with Gasteiger partial charge >= 0.3 is 8.25 Å². The average molecular weight is 552 g/mol. The lowest BCUT2D eigenvalue weighted by molar-refractivity contribution is 0.194. The molecule has 202 valence electrons. The first-order valence-corrected chi connectivity index (χ1v) is 14.0. The quantitative estimate of drug-likeness (QED) is 0.268. The monoisotopic (exact) mass is 551 g/mol. The van der Waals surface area contributed by atoms with Crippen molar-refractivity contribution in [3.8, 4) is 22.8 Å². The molecule has 0 aliphatic carbocycles. The van der Waals surface area contributed by atoms with Crippen LogP contribution in [0.2, 0.25) is 5.02 Å². The van der Waals surface area contributed by atoms with Gasteiger partial charge in [-0.15, -0.1) is 0 Å². The first kappa shape index (κ1) is 27.7. The topological polar surface area (TPSA) is 92.0 Å². The van der Waals surface area contributed by atoms with Gasteiger partial charge < -0.3 is 33.1 Å². The predicted octanol–water partition coefficient (Wildman–Crippen LogP) is 3.51. The van der Waals surface area contributed by atoms with Crippen LogP contribution < -0.4 is 14.4 Å². The maximum absolute atomic E-state index is 10.7. The SMILES string of the molecule is COc1cc(OCCCN(C)C)c(-c2cn3ccc(N4CCN(CCO[PH](=O)O)CC4)cc3n2)cc1Cl. The summed E-state index contributed by atoms with van der Waals surface area (Å²) in [4.78, 5) is 20.4. The number of rotatable bonds is 12. The molecule has 3 aromatic rings. The van der Waals surface area contributed by atoms with Gasteiger partial charge in [0.05, 0.1) is 31.0 Å². The normalized spacial score (nSPS) is 15.5. The summed E-state index contributed by atoms with van der Waals surface area (Å²) in [6.45, 7) is 5.87. The second kappa shape index (κ2) is 13.0. The van der Waals surface area contributed by atoms with E-state index in [0.717, 1.165) is 61.7 Å². The molecule has 0 amide bonds. The first-order valence-electron chi connectivity index (χ1n) is 12.3. The summed E-state index contributed by atoms with van der Waals surface area (Å²) in [5.74, 6) is 1.26. The average Bonchev–Trinajstić information content (AvgIpc) is 3.30. The minimum absolute atomic E-state index is 0.272. The van der Waals surface area contributed by atoms with Crippen molar-refractivity contribution >= 4 is 31.2 Å². The van der Waals surface area contributed by atoms with Gasteiger partial charge in [0.2, 0.25) is 0 Å². The van der Waals surface area contributed by atoms with Crippen LogP contribution in [0.25, 0.3) is 16.9 Å². The molecule has 0 saturated carbocycles. The number of piperazine rings is 1. The van der Waals surface area contributed by atoms with Crippen LogP contribution in [-0.2, 0) is 9.09 Å². The van der Waals surface area contributed by atoms with Gasteiger partial charge in [-0.05, 0) is 32.6 Å². The van der Waals surface area contributed by atoms with Gasteiger partial charge in [-0.3, -0.25) is 9.46 Å². The largest absolute Gasteiger partial charge is 0.495 e. The fraction of sp³-hybridized carbons (Fsp3) is 0.480. The zero-order chi connectivity index (χ0) is 26.4. The number of nitrogens with zero attached hydrogens (tertiary/aromatic N) is 5. The number of ether oxygens (including phenoxy) is 2. The van der Waals surface area contributed by atoms with E-state index in [1.807, 2.05) is 43.0 Å². The Hall–Kier alpha value is -2.33. The molecule has 1 atom stereocenters. The van der Waals surface area contributed by atoms with Crippen LogP contribution in [0.4, 0.5) is 5.69 Å². The molecule has 0 radical (unpaired) electrons. The van der Waals surface area contributed by atoms with Gasteiger partial charge in [-0.1, -0.05) is 11.6 Å². The Kier molecular flexibility index (Phi) is 9.70. The lowest BCUT2D eigenvalue weighted by atomic mass is 10.1. The summed E-state index contributed by atoms with van der Waals surface area (Å²) >= 11 is 6.47. The molecule has 2 aromatic heterocycles. The zero-order valence-corrected chi connectivity index (χ0v) is 23.3. The van der Waals surface area contributed by atoms with E-state index >= 15 is 0 Å². The number of anilines is 1. The summed E-state index contributed by atoms with van der Waals surface area (Å²) in [5, 5.41) is 0.505. The van der Waals surface area contributed by atoms with Crippen molar-refractivity contribution in [3.05, 3.63) is 41.7 Å². The van der Waals surface area contributed by atoms with Crippen molar-refractivity contribution in [2.75, 3.05) is 78.6 Å². The highest BCUT2D eigenvalue weighted by atomic mass is 35.5. The Bertz CT molecular complexity index is 1220. The molecule has 1 aliphatic heterocycles. The summed E-state index contributed by atoms with van der Waals surface area (Å²) in [6, 6.07) is 7.85. The summed E-state index contributed by atoms with van der Waals surface area (Å²) in [6.07, 6.45) is 4.89. The Morgan fingerprint density at radius 1 is 1.14 bits per heavy atom. The third-order valence-corrected chi connectivity index (χ3v) is 7.10. The van der Waals surface area contributed by atoms with Crippen molar-refractivity contribution in [3.63, 3.8) is 0 Å². The molecule has 1 unspecified atom stereocenters. The number of pyridine rings is 1. The van der Waals surface area contributed by atoms with Crippen molar-refractivity contribution < 1.29 is 23.5 Å². The van der Waals surface area contributed by atoms with Gasteiger partial charge in [-0.2, -0.15) is 0 Å². The second-order valence-corrected chi connectivity index (χ2v) is 10.4. The number of aromatic nitrogens is 2. The van der Waals surface area contributed by atoms with Crippen LogP contribution in [-0.4, -0.2) is 97.8 Å². The van der Waals surface area contributed by atoms with Crippen molar-refractivity contribution in [1.82, 2.24) is 19.2 Å². The lowest BCUT2D eigenvalue weighted by Crippen LogP contribution is -2.47. The predicted molar refractivity (Wildman–Crippen MR) is 147 cm³/mol. The number of methoxy groups -OCH3 is 1. The minimum Gasteiger partial charge on any atom is -0.495 e. The maximum Gasteiger partial charge on any atom is 0.316 e. The third-order valence-electron chi connectivity index (χ3n) is 6.35. The van der Waals surface area contributed by atoms with E-state index in [1.54, 1.807) is 7.11 Å². The molecule has 1 aromatic carbocycles. The Balaban J connectivity index is 1.49. The molecule has 0 spiro atoms. The van der Waals surface area contributed by atoms with Crippen molar-refractivity contribution in [2.24, 2.45) is 0 Å². The number of hydrogen-bond acceptors (Lipinski definition) is 8. The summed E-state index contributed by atoms with van der Waals surface area (Å²) < 4.78 is 29.1. The molecule has 10 nitrogen and oxygen atoms in total. The molecule has 1 N–H and O–H groups in total. The Labute approximate surface area is 223 Å². The zero-order valence-electron chi connectivity index (χ0n) is 21.5. The molecule has 1 saturated heterocycles. The van der Waals surface area contributed by atoms with Crippen LogP contribution in [0.1, 0.15) is 6.42 Å². The van der Waals surface area contributed by atoms with Gasteiger partial charge in [-0.25, -0.2) is 4.98 Å². The van der Waals surface area contributed by atoms with E-state index in [2.05, 4.69) is 26.8 Å². The third kappa shape index (κ3) is 7.37. The molecule has 0 bridgehead atoms. The molecule has 4 rings (SSSR count). The van der Waals surface area contributed by atoms with E-state index in [9.17, 15) is 4.57 Å². The number of imidazole rings is 1. The van der Waals surface area contributed by atoms with E-state index in [-0.39, 0.29) is 6.61 Å². The number of hydrogen-bond donors (Lipinski definition) is 1. The molecule has 1 aliphatic rings. The number of fused-ring (bicyclic) bond motifs is 1. The Morgan fingerprint density at radius 2 is 1.92 bits per heavy atom. The highest BCUT2D eigenvalue weighted by Crippen LogP contribution is 2.38. The van der Waals surface area contributed by atoms with Crippen molar-refractivity contribution in [1.29, 1.82) is 0 Å². The Morgan fingerprint density at radius 3 is 2.62 bits per heavy atom. The molecular formula is C25H35ClN5O5P. The molecule has 12 heteroatoms. The highest BCUT2D eigenvalue weighted by molar-refractivity contribution is 7.32. The van der Waals surface area contributed by atoms with E-state index in [4.69, 9.17) is 35.5 Å². The highest BCUT2D eigenvalue weighted by Gasteiger charge is 2.19.